The number of likely N-dealkylation sites (N-methyl/N-ethyl adjacent to an activating group) is 1. The van der Waals surface area contributed by atoms with E-state index in [0.717, 1.165) is 6.54 Å². The van der Waals surface area contributed by atoms with E-state index < -0.39 is 0 Å². The fourth-order valence-electron chi connectivity index (χ4n) is 1.27. The minimum Gasteiger partial charge on any atom is -0.354 e. The van der Waals surface area contributed by atoms with Gasteiger partial charge in [0.1, 0.15) is 0 Å². The molecule has 74 valence electrons. The summed E-state index contributed by atoms with van der Waals surface area (Å²) < 4.78 is 10.4. The molecule has 0 aliphatic heterocycles. The number of hydrogen-bond acceptors (Lipinski definition) is 3. The molecule has 1 atom stereocenters. The molecular formula is C9H21NO2. The number of hydrogen-bond donors (Lipinski definition) is 1. The third-order valence-electron chi connectivity index (χ3n) is 1.92. The van der Waals surface area contributed by atoms with Crippen LogP contribution in [0.15, 0.2) is 0 Å². The Morgan fingerprint density at radius 2 is 1.67 bits per heavy atom. The summed E-state index contributed by atoms with van der Waals surface area (Å²) in [5.41, 5.74) is 0. The van der Waals surface area contributed by atoms with Crippen LogP contribution in [0, 0.1) is 5.92 Å². The Hall–Kier alpha value is -0.120. The molecule has 0 bridgehead atoms. The topological polar surface area (TPSA) is 30.5 Å². The average Bonchev–Trinajstić information content (AvgIpc) is 2.05. The van der Waals surface area contributed by atoms with Gasteiger partial charge >= 0.3 is 0 Å². The van der Waals surface area contributed by atoms with E-state index in [2.05, 4.69) is 26.1 Å². The van der Waals surface area contributed by atoms with Crippen LogP contribution < -0.4 is 5.32 Å². The number of rotatable bonds is 6. The maximum atomic E-state index is 5.19. The van der Waals surface area contributed by atoms with Gasteiger partial charge in [-0.3, -0.25) is 0 Å². The molecule has 0 aliphatic rings. The molecule has 0 rings (SSSR count). The van der Waals surface area contributed by atoms with Gasteiger partial charge in [-0.25, -0.2) is 0 Å². The van der Waals surface area contributed by atoms with Crippen molar-refractivity contribution in [1.82, 2.24) is 5.32 Å². The van der Waals surface area contributed by atoms with E-state index >= 15 is 0 Å². The second-order valence-corrected chi connectivity index (χ2v) is 3.17. The molecule has 0 spiro atoms. The third kappa shape index (κ3) is 3.52. The van der Waals surface area contributed by atoms with Gasteiger partial charge in [0.05, 0.1) is 6.04 Å². The first-order chi connectivity index (χ1) is 5.67. The summed E-state index contributed by atoms with van der Waals surface area (Å²) in [4.78, 5) is 0. The fraction of sp³-hybridized carbons (Fsp3) is 1.00. The van der Waals surface area contributed by atoms with Gasteiger partial charge in [-0.15, -0.1) is 0 Å². The number of ether oxygens (including phenoxy) is 2. The van der Waals surface area contributed by atoms with Crippen LogP contribution in [0.4, 0.5) is 0 Å². The van der Waals surface area contributed by atoms with Crippen molar-refractivity contribution in [2.24, 2.45) is 5.92 Å². The molecule has 12 heavy (non-hydrogen) atoms. The normalized spacial score (nSPS) is 14.2. The summed E-state index contributed by atoms with van der Waals surface area (Å²) >= 11 is 0. The van der Waals surface area contributed by atoms with Gasteiger partial charge in [-0.2, -0.15) is 0 Å². The van der Waals surface area contributed by atoms with Gasteiger partial charge in [0.15, 0.2) is 6.29 Å². The number of nitrogens with one attached hydrogen (secondary N) is 1. The Bertz CT molecular complexity index is 103. The molecule has 0 amide bonds. The van der Waals surface area contributed by atoms with Crippen molar-refractivity contribution in [2.45, 2.75) is 33.1 Å². The van der Waals surface area contributed by atoms with E-state index in [1.807, 2.05) is 0 Å². The van der Waals surface area contributed by atoms with Crippen LogP contribution in [0.2, 0.25) is 0 Å². The summed E-state index contributed by atoms with van der Waals surface area (Å²) in [6, 6.07) is 0.269. The summed E-state index contributed by atoms with van der Waals surface area (Å²) in [7, 11) is 3.34. The second-order valence-electron chi connectivity index (χ2n) is 3.17. The van der Waals surface area contributed by atoms with Crippen molar-refractivity contribution in [3.05, 3.63) is 0 Å². The van der Waals surface area contributed by atoms with E-state index in [9.17, 15) is 0 Å². The lowest BCUT2D eigenvalue weighted by molar-refractivity contribution is -0.130. The molecule has 1 unspecified atom stereocenters. The minimum absolute atomic E-state index is 0.148. The van der Waals surface area contributed by atoms with E-state index in [1.54, 1.807) is 14.2 Å². The molecule has 0 radical (unpaired) electrons. The molecule has 0 saturated heterocycles. The summed E-state index contributed by atoms with van der Waals surface area (Å²) in [5.74, 6) is 0.509. The van der Waals surface area contributed by atoms with E-state index in [0.29, 0.717) is 5.92 Å². The largest absolute Gasteiger partial charge is 0.354 e. The summed E-state index contributed by atoms with van der Waals surface area (Å²) in [6.07, 6.45) is -0.148. The van der Waals surface area contributed by atoms with Gasteiger partial charge in [-0.1, -0.05) is 20.8 Å². The molecule has 0 heterocycles. The molecule has 1 N–H and O–H groups in total. The molecule has 0 aromatic heterocycles. The zero-order valence-corrected chi connectivity index (χ0v) is 8.76. The van der Waals surface area contributed by atoms with Crippen molar-refractivity contribution in [2.75, 3.05) is 20.8 Å². The first-order valence-corrected chi connectivity index (χ1v) is 4.46. The zero-order valence-electron chi connectivity index (χ0n) is 8.76. The van der Waals surface area contributed by atoms with Gasteiger partial charge in [0.2, 0.25) is 0 Å². The SMILES string of the molecule is CCNC(C(C)C)C(OC)OC. The van der Waals surface area contributed by atoms with Crippen molar-refractivity contribution >= 4 is 0 Å². The maximum absolute atomic E-state index is 5.19. The first kappa shape index (κ1) is 11.9. The van der Waals surface area contributed by atoms with Crippen LogP contribution in [0.1, 0.15) is 20.8 Å². The Morgan fingerprint density at radius 1 is 1.17 bits per heavy atom. The zero-order chi connectivity index (χ0) is 9.56. The van der Waals surface area contributed by atoms with Gasteiger partial charge in [0.25, 0.3) is 0 Å². The van der Waals surface area contributed by atoms with Gasteiger partial charge < -0.3 is 14.8 Å². The Kier molecular flexibility index (Phi) is 6.34. The summed E-state index contributed by atoms with van der Waals surface area (Å²) in [5, 5.41) is 3.33. The van der Waals surface area contributed by atoms with Gasteiger partial charge in [-0.05, 0) is 12.5 Å². The molecule has 0 fully saturated rings. The monoisotopic (exact) mass is 175 g/mol. The Balaban J connectivity index is 4.05. The van der Waals surface area contributed by atoms with Crippen molar-refractivity contribution in [3.63, 3.8) is 0 Å². The highest BCUT2D eigenvalue weighted by atomic mass is 16.7. The lowest BCUT2D eigenvalue weighted by atomic mass is 10.0. The van der Waals surface area contributed by atoms with Gasteiger partial charge in [0, 0.05) is 14.2 Å². The molecular weight excluding hydrogens is 154 g/mol. The fourth-order valence-corrected chi connectivity index (χ4v) is 1.27. The standard InChI is InChI=1S/C9H21NO2/c1-6-10-8(7(2)3)9(11-4)12-5/h7-10H,6H2,1-5H3. The molecule has 3 heteroatoms. The molecule has 3 nitrogen and oxygen atoms in total. The summed E-state index contributed by atoms with van der Waals surface area (Å²) in [6.45, 7) is 7.32. The molecule has 0 aliphatic carbocycles. The Morgan fingerprint density at radius 3 is 1.92 bits per heavy atom. The third-order valence-corrected chi connectivity index (χ3v) is 1.92. The smallest absolute Gasteiger partial charge is 0.172 e. The predicted molar refractivity (Wildman–Crippen MR) is 50.1 cm³/mol. The van der Waals surface area contributed by atoms with Crippen LogP contribution in [-0.4, -0.2) is 33.1 Å². The maximum Gasteiger partial charge on any atom is 0.172 e. The molecule has 0 saturated carbocycles. The van der Waals surface area contributed by atoms with Crippen molar-refractivity contribution < 1.29 is 9.47 Å². The lowest BCUT2D eigenvalue weighted by Gasteiger charge is -2.28. The van der Waals surface area contributed by atoms with Crippen LogP contribution in [-0.2, 0) is 9.47 Å². The molecule has 0 aromatic carbocycles. The first-order valence-electron chi connectivity index (χ1n) is 4.46. The van der Waals surface area contributed by atoms with E-state index in [4.69, 9.17) is 9.47 Å². The second kappa shape index (κ2) is 6.40. The minimum atomic E-state index is -0.148. The van der Waals surface area contributed by atoms with Crippen LogP contribution in [0.5, 0.6) is 0 Å². The average molecular weight is 175 g/mol. The van der Waals surface area contributed by atoms with Crippen LogP contribution in [0.25, 0.3) is 0 Å². The molecule has 0 aromatic rings. The predicted octanol–water partition coefficient (Wildman–Crippen LogP) is 1.24. The van der Waals surface area contributed by atoms with E-state index in [-0.39, 0.29) is 12.3 Å². The van der Waals surface area contributed by atoms with Crippen LogP contribution >= 0.6 is 0 Å². The highest BCUT2D eigenvalue weighted by Crippen LogP contribution is 2.09. The van der Waals surface area contributed by atoms with Crippen molar-refractivity contribution in [3.8, 4) is 0 Å². The highest BCUT2D eigenvalue weighted by molar-refractivity contribution is 4.73. The van der Waals surface area contributed by atoms with Crippen LogP contribution in [0.3, 0.4) is 0 Å². The van der Waals surface area contributed by atoms with Crippen molar-refractivity contribution in [1.29, 1.82) is 0 Å². The quantitative estimate of drug-likeness (QED) is 0.616. The highest BCUT2D eigenvalue weighted by Gasteiger charge is 2.22. The Labute approximate surface area is 75.4 Å². The van der Waals surface area contributed by atoms with E-state index in [1.165, 1.54) is 0 Å². The lowest BCUT2D eigenvalue weighted by Crippen LogP contribution is -2.45. The number of methoxy groups -OCH3 is 2.